The van der Waals surface area contributed by atoms with Gasteiger partial charge in [-0.15, -0.1) is 0 Å². The van der Waals surface area contributed by atoms with Gasteiger partial charge in [0.25, 0.3) is 5.91 Å². The Kier molecular flexibility index (Phi) is 7.01. The molecule has 0 unspecified atom stereocenters. The molecule has 144 valence electrons. The first-order valence-electron chi connectivity index (χ1n) is 8.45. The number of hydrogen-bond donors (Lipinski definition) is 1. The molecule has 2 aromatic carbocycles. The van der Waals surface area contributed by atoms with E-state index >= 15 is 0 Å². The van der Waals surface area contributed by atoms with Crippen LogP contribution < -0.4 is 14.8 Å². The number of rotatable bonds is 8. The number of benzene rings is 2. The maximum atomic E-state index is 12.1. The van der Waals surface area contributed by atoms with Gasteiger partial charge in [0.05, 0.1) is 17.8 Å². The zero-order valence-corrected chi connectivity index (χ0v) is 16.4. The zero-order chi connectivity index (χ0) is 19.9. The standard InChI is InChI=1S/C20H23NO5S/c1-4-6-15-7-12-18(19(13-15)25-3)26-14-20(22)21-16-8-10-17(11-9-16)27(23,24)5-2/h4,6-13H,5,14H2,1-3H3,(H,21,22). The predicted molar refractivity (Wildman–Crippen MR) is 106 cm³/mol. The number of hydrogen-bond acceptors (Lipinski definition) is 5. The van der Waals surface area contributed by atoms with Crippen molar-refractivity contribution in [3.8, 4) is 11.5 Å². The maximum Gasteiger partial charge on any atom is 0.262 e. The molecule has 0 aliphatic carbocycles. The van der Waals surface area contributed by atoms with Gasteiger partial charge in [0.2, 0.25) is 0 Å². The summed E-state index contributed by atoms with van der Waals surface area (Å²) >= 11 is 0. The summed E-state index contributed by atoms with van der Waals surface area (Å²) in [7, 11) is -1.73. The number of carbonyl (C=O) groups is 1. The van der Waals surface area contributed by atoms with Crippen molar-refractivity contribution >= 4 is 27.5 Å². The minimum atomic E-state index is -3.26. The molecule has 0 saturated carbocycles. The zero-order valence-electron chi connectivity index (χ0n) is 15.6. The molecule has 1 amide bonds. The third kappa shape index (κ3) is 5.59. The Morgan fingerprint density at radius 3 is 2.41 bits per heavy atom. The van der Waals surface area contributed by atoms with Gasteiger partial charge in [0.1, 0.15) is 0 Å². The molecule has 0 aliphatic heterocycles. The van der Waals surface area contributed by atoms with Gasteiger partial charge in [-0.25, -0.2) is 8.42 Å². The highest BCUT2D eigenvalue weighted by molar-refractivity contribution is 7.91. The maximum absolute atomic E-state index is 12.1. The van der Waals surface area contributed by atoms with Crippen LogP contribution in [0.1, 0.15) is 19.4 Å². The first-order chi connectivity index (χ1) is 12.9. The molecule has 27 heavy (non-hydrogen) atoms. The van der Waals surface area contributed by atoms with Crippen LogP contribution in [0.3, 0.4) is 0 Å². The van der Waals surface area contributed by atoms with E-state index in [9.17, 15) is 13.2 Å². The summed E-state index contributed by atoms with van der Waals surface area (Å²) < 4.78 is 34.4. The highest BCUT2D eigenvalue weighted by Crippen LogP contribution is 2.28. The Hall–Kier alpha value is -2.80. The molecule has 0 radical (unpaired) electrons. The van der Waals surface area contributed by atoms with E-state index in [1.165, 1.54) is 19.2 Å². The van der Waals surface area contributed by atoms with Crippen LogP contribution in [-0.4, -0.2) is 33.8 Å². The van der Waals surface area contributed by atoms with Crippen molar-refractivity contribution in [3.05, 3.63) is 54.1 Å². The second kappa shape index (κ2) is 9.23. The molecule has 0 aromatic heterocycles. The lowest BCUT2D eigenvalue weighted by Gasteiger charge is -2.12. The van der Waals surface area contributed by atoms with Crippen molar-refractivity contribution in [3.63, 3.8) is 0 Å². The molecular weight excluding hydrogens is 366 g/mol. The van der Waals surface area contributed by atoms with Crippen LogP contribution in [0.15, 0.2) is 53.4 Å². The van der Waals surface area contributed by atoms with Crippen molar-refractivity contribution < 1.29 is 22.7 Å². The van der Waals surface area contributed by atoms with Crippen molar-refractivity contribution in [1.29, 1.82) is 0 Å². The summed E-state index contributed by atoms with van der Waals surface area (Å²) in [5.41, 5.74) is 1.46. The average Bonchev–Trinajstić information content (AvgIpc) is 2.67. The van der Waals surface area contributed by atoms with Crippen molar-refractivity contribution in [1.82, 2.24) is 0 Å². The fourth-order valence-electron chi connectivity index (χ4n) is 2.35. The minimum Gasteiger partial charge on any atom is -0.493 e. The molecule has 0 saturated heterocycles. The Morgan fingerprint density at radius 2 is 1.81 bits per heavy atom. The van der Waals surface area contributed by atoms with Gasteiger partial charge in [-0.1, -0.05) is 25.1 Å². The largest absolute Gasteiger partial charge is 0.493 e. The van der Waals surface area contributed by atoms with Crippen molar-refractivity contribution in [2.75, 3.05) is 24.8 Å². The quantitative estimate of drug-likeness (QED) is 0.747. The monoisotopic (exact) mass is 389 g/mol. The molecular formula is C20H23NO5S. The van der Waals surface area contributed by atoms with Gasteiger partial charge in [0, 0.05) is 5.69 Å². The van der Waals surface area contributed by atoms with Crippen LogP contribution in [0.4, 0.5) is 5.69 Å². The Bertz CT molecular complexity index is 918. The van der Waals surface area contributed by atoms with E-state index < -0.39 is 9.84 Å². The van der Waals surface area contributed by atoms with Crippen LogP contribution in [-0.2, 0) is 14.6 Å². The second-order valence-electron chi connectivity index (χ2n) is 5.67. The molecule has 0 atom stereocenters. The third-order valence-corrected chi connectivity index (χ3v) is 5.53. The lowest BCUT2D eigenvalue weighted by atomic mass is 10.2. The Labute approximate surface area is 159 Å². The SMILES string of the molecule is CC=Cc1ccc(OCC(=O)Nc2ccc(S(=O)(=O)CC)cc2)c(OC)c1. The van der Waals surface area contributed by atoms with E-state index in [2.05, 4.69) is 5.32 Å². The summed E-state index contributed by atoms with van der Waals surface area (Å²) in [6.45, 7) is 3.31. The van der Waals surface area contributed by atoms with E-state index in [1.807, 2.05) is 31.2 Å². The fourth-order valence-corrected chi connectivity index (χ4v) is 3.24. The summed E-state index contributed by atoms with van der Waals surface area (Å²) in [6, 6.07) is 11.5. The molecule has 6 nitrogen and oxygen atoms in total. The number of nitrogens with one attached hydrogen (secondary N) is 1. The molecule has 0 bridgehead atoms. The lowest BCUT2D eigenvalue weighted by molar-refractivity contribution is -0.118. The number of amides is 1. The molecule has 0 aliphatic rings. The van der Waals surface area contributed by atoms with Crippen molar-refractivity contribution in [2.24, 2.45) is 0 Å². The van der Waals surface area contributed by atoms with Crippen LogP contribution in [0.5, 0.6) is 11.5 Å². The lowest BCUT2D eigenvalue weighted by Crippen LogP contribution is -2.20. The molecule has 0 fully saturated rings. The van der Waals surface area contributed by atoms with Gasteiger partial charge in [-0.2, -0.15) is 0 Å². The summed E-state index contributed by atoms with van der Waals surface area (Å²) in [6.07, 6.45) is 3.85. The molecule has 1 N–H and O–H groups in total. The summed E-state index contributed by atoms with van der Waals surface area (Å²) in [5, 5.41) is 2.67. The van der Waals surface area contributed by atoms with Crippen molar-refractivity contribution in [2.45, 2.75) is 18.7 Å². The highest BCUT2D eigenvalue weighted by atomic mass is 32.2. The smallest absolute Gasteiger partial charge is 0.262 e. The first kappa shape index (κ1) is 20.5. The van der Waals surface area contributed by atoms with Crippen LogP contribution in [0, 0.1) is 0 Å². The number of allylic oxidation sites excluding steroid dienone is 1. The number of sulfone groups is 1. The van der Waals surface area contributed by atoms with Crippen LogP contribution in [0.2, 0.25) is 0 Å². The summed E-state index contributed by atoms with van der Waals surface area (Å²) in [4.78, 5) is 12.3. The van der Waals surface area contributed by atoms with E-state index in [1.54, 1.807) is 25.1 Å². The first-order valence-corrected chi connectivity index (χ1v) is 10.1. The number of methoxy groups -OCH3 is 1. The average molecular weight is 389 g/mol. The second-order valence-corrected chi connectivity index (χ2v) is 7.95. The minimum absolute atomic E-state index is 0.0290. The van der Waals surface area contributed by atoms with Crippen LogP contribution >= 0.6 is 0 Å². The molecule has 2 rings (SSSR count). The van der Waals surface area contributed by atoms with Gasteiger partial charge in [-0.05, 0) is 48.9 Å². The fraction of sp³-hybridized carbons (Fsp3) is 0.250. The molecule has 0 spiro atoms. The van der Waals surface area contributed by atoms with Gasteiger partial charge in [-0.3, -0.25) is 4.79 Å². The van der Waals surface area contributed by atoms with Crippen LogP contribution in [0.25, 0.3) is 6.08 Å². The van der Waals surface area contributed by atoms with E-state index in [-0.39, 0.29) is 23.2 Å². The van der Waals surface area contributed by atoms with E-state index in [0.29, 0.717) is 17.2 Å². The number of carbonyl (C=O) groups excluding carboxylic acids is 1. The third-order valence-electron chi connectivity index (χ3n) is 3.78. The normalized spacial score (nSPS) is 11.4. The Morgan fingerprint density at radius 1 is 1.11 bits per heavy atom. The van der Waals surface area contributed by atoms with Gasteiger partial charge < -0.3 is 14.8 Å². The molecule has 7 heteroatoms. The number of ether oxygens (including phenoxy) is 2. The van der Waals surface area contributed by atoms with E-state index in [4.69, 9.17) is 9.47 Å². The molecule has 0 heterocycles. The molecule has 2 aromatic rings. The Balaban J connectivity index is 1.98. The van der Waals surface area contributed by atoms with E-state index in [0.717, 1.165) is 5.56 Å². The summed E-state index contributed by atoms with van der Waals surface area (Å²) in [5.74, 6) is 0.666. The highest BCUT2D eigenvalue weighted by Gasteiger charge is 2.12. The van der Waals surface area contributed by atoms with Gasteiger partial charge >= 0.3 is 0 Å². The van der Waals surface area contributed by atoms with Gasteiger partial charge in [0.15, 0.2) is 27.9 Å². The topological polar surface area (TPSA) is 81.7 Å². The predicted octanol–water partition coefficient (Wildman–Crippen LogP) is 3.54. The number of anilines is 1.